The molecule has 6 nitrogen and oxygen atoms in total. The Kier molecular flexibility index (Phi) is 4.30. The van der Waals surface area contributed by atoms with Gasteiger partial charge in [-0.3, -0.25) is 4.79 Å². The average Bonchev–Trinajstić information content (AvgIpc) is 2.27. The molecule has 0 aliphatic rings. The minimum Gasteiger partial charge on any atom is -0.467 e. The van der Waals surface area contributed by atoms with Crippen LogP contribution in [0.1, 0.15) is 0 Å². The molecule has 0 aliphatic carbocycles. The molecule has 1 amide bonds. The summed E-state index contributed by atoms with van der Waals surface area (Å²) in [5.41, 5.74) is 0. The van der Waals surface area contributed by atoms with Crippen LogP contribution >= 0.6 is 11.6 Å². The van der Waals surface area contributed by atoms with Crippen LogP contribution in [-0.2, 0) is 4.79 Å². The first kappa shape index (κ1) is 12.5. The third kappa shape index (κ3) is 3.23. The van der Waals surface area contributed by atoms with Gasteiger partial charge in [-0.25, -0.2) is 4.98 Å². The fourth-order valence-electron chi connectivity index (χ4n) is 0.891. The molecular weight excluding hydrogens is 232 g/mol. The third-order valence-corrected chi connectivity index (χ3v) is 2.09. The van der Waals surface area contributed by atoms with Crippen molar-refractivity contribution in [3.63, 3.8) is 0 Å². The summed E-state index contributed by atoms with van der Waals surface area (Å²) in [5.74, 6) is 0.303. The standard InChI is InChI=1S/C9H13ClN4O2/c1-14(2)7(15)5-11-8-6(10)4-12-9(13-8)16-3/h4H,5H2,1-3H3,(H,11,12,13). The zero-order valence-electron chi connectivity index (χ0n) is 9.32. The molecule has 1 aromatic heterocycles. The Morgan fingerprint density at radius 2 is 2.31 bits per heavy atom. The molecule has 0 spiro atoms. The molecule has 0 atom stereocenters. The Morgan fingerprint density at radius 3 is 2.88 bits per heavy atom. The Bertz CT molecular complexity index is 384. The number of carbonyl (C=O) groups is 1. The van der Waals surface area contributed by atoms with Crippen LogP contribution in [0.2, 0.25) is 5.02 Å². The SMILES string of the molecule is COc1ncc(Cl)c(NCC(=O)N(C)C)n1. The van der Waals surface area contributed by atoms with Crippen molar-refractivity contribution in [2.75, 3.05) is 33.1 Å². The van der Waals surface area contributed by atoms with Gasteiger partial charge < -0.3 is 15.0 Å². The van der Waals surface area contributed by atoms with Gasteiger partial charge in [0.2, 0.25) is 5.91 Å². The van der Waals surface area contributed by atoms with Crippen LogP contribution in [0.15, 0.2) is 6.20 Å². The predicted octanol–water partition coefficient (Wildman–Crippen LogP) is 0.639. The minimum atomic E-state index is -0.0753. The van der Waals surface area contributed by atoms with Gasteiger partial charge in [-0.15, -0.1) is 0 Å². The Hall–Kier alpha value is -1.56. The second-order valence-corrected chi connectivity index (χ2v) is 3.60. The number of aromatic nitrogens is 2. The lowest BCUT2D eigenvalue weighted by Crippen LogP contribution is -2.28. The summed E-state index contributed by atoms with van der Waals surface area (Å²) >= 11 is 5.85. The Balaban J connectivity index is 2.69. The summed E-state index contributed by atoms with van der Waals surface area (Å²) in [6.07, 6.45) is 1.41. The molecule has 0 bridgehead atoms. The lowest BCUT2D eigenvalue weighted by molar-refractivity contribution is -0.126. The number of carbonyl (C=O) groups excluding carboxylic acids is 1. The molecular formula is C9H13ClN4O2. The second-order valence-electron chi connectivity index (χ2n) is 3.19. The molecule has 16 heavy (non-hydrogen) atoms. The number of amides is 1. The van der Waals surface area contributed by atoms with E-state index >= 15 is 0 Å². The van der Waals surface area contributed by atoms with Crippen LogP contribution in [0, 0.1) is 0 Å². The number of methoxy groups -OCH3 is 1. The van der Waals surface area contributed by atoms with E-state index in [1.165, 1.54) is 18.2 Å². The molecule has 1 aromatic rings. The van der Waals surface area contributed by atoms with Crippen molar-refractivity contribution in [1.82, 2.24) is 14.9 Å². The number of nitrogens with one attached hydrogen (secondary N) is 1. The average molecular weight is 245 g/mol. The molecule has 0 aliphatic heterocycles. The number of halogens is 1. The van der Waals surface area contributed by atoms with Gasteiger partial charge in [-0.2, -0.15) is 4.98 Å². The van der Waals surface area contributed by atoms with E-state index in [2.05, 4.69) is 15.3 Å². The molecule has 0 saturated carbocycles. The molecule has 0 radical (unpaired) electrons. The van der Waals surface area contributed by atoms with Crippen LogP contribution in [0.25, 0.3) is 0 Å². The number of anilines is 1. The van der Waals surface area contributed by atoms with E-state index in [4.69, 9.17) is 16.3 Å². The number of ether oxygens (including phenoxy) is 1. The van der Waals surface area contributed by atoms with Crippen molar-refractivity contribution in [2.24, 2.45) is 0 Å². The van der Waals surface area contributed by atoms with E-state index in [0.29, 0.717) is 10.8 Å². The van der Waals surface area contributed by atoms with E-state index in [-0.39, 0.29) is 18.5 Å². The largest absolute Gasteiger partial charge is 0.467 e. The van der Waals surface area contributed by atoms with E-state index < -0.39 is 0 Å². The van der Waals surface area contributed by atoms with E-state index in [9.17, 15) is 4.79 Å². The van der Waals surface area contributed by atoms with Crippen molar-refractivity contribution in [3.05, 3.63) is 11.2 Å². The van der Waals surface area contributed by atoms with Gasteiger partial charge in [-0.1, -0.05) is 11.6 Å². The van der Waals surface area contributed by atoms with Crippen molar-refractivity contribution < 1.29 is 9.53 Å². The third-order valence-electron chi connectivity index (χ3n) is 1.81. The lowest BCUT2D eigenvalue weighted by atomic mass is 10.5. The van der Waals surface area contributed by atoms with Gasteiger partial charge in [0.15, 0.2) is 5.82 Å². The fourth-order valence-corrected chi connectivity index (χ4v) is 1.05. The Labute approximate surface area is 98.6 Å². The van der Waals surface area contributed by atoms with Crippen molar-refractivity contribution in [1.29, 1.82) is 0 Å². The summed E-state index contributed by atoms with van der Waals surface area (Å²) in [7, 11) is 4.80. The van der Waals surface area contributed by atoms with Gasteiger partial charge in [0.25, 0.3) is 0 Å². The van der Waals surface area contributed by atoms with E-state index in [0.717, 1.165) is 0 Å². The first-order chi connectivity index (χ1) is 7.54. The molecule has 1 heterocycles. The van der Waals surface area contributed by atoms with Crippen molar-refractivity contribution in [2.45, 2.75) is 0 Å². The highest BCUT2D eigenvalue weighted by Gasteiger charge is 2.08. The number of hydrogen-bond acceptors (Lipinski definition) is 5. The molecule has 7 heteroatoms. The van der Waals surface area contributed by atoms with Crippen molar-refractivity contribution >= 4 is 23.3 Å². The zero-order valence-corrected chi connectivity index (χ0v) is 10.1. The van der Waals surface area contributed by atoms with Crippen LogP contribution in [0.4, 0.5) is 5.82 Å². The molecule has 0 aromatic carbocycles. The van der Waals surface area contributed by atoms with E-state index in [1.54, 1.807) is 14.1 Å². The van der Waals surface area contributed by atoms with E-state index in [1.807, 2.05) is 0 Å². The van der Waals surface area contributed by atoms with Crippen molar-refractivity contribution in [3.8, 4) is 6.01 Å². The summed E-state index contributed by atoms with van der Waals surface area (Å²) in [4.78, 5) is 20.6. The molecule has 1 rings (SSSR count). The maximum atomic E-state index is 11.3. The molecule has 88 valence electrons. The smallest absolute Gasteiger partial charge is 0.318 e. The van der Waals surface area contributed by atoms with Gasteiger partial charge in [-0.05, 0) is 0 Å². The molecule has 1 N–H and O–H groups in total. The highest BCUT2D eigenvalue weighted by atomic mass is 35.5. The number of nitrogens with zero attached hydrogens (tertiary/aromatic N) is 3. The van der Waals surface area contributed by atoms with Crippen LogP contribution < -0.4 is 10.1 Å². The molecule has 0 unspecified atom stereocenters. The van der Waals surface area contributed by atoms with Gasteiger partial charge in [0.05, 0.1) is 19.9 Å². The maximum absolute atomic E-state index is 11.3. The summed E-state index contributed by atoms with van der Waals surface area (Å²) in [5, 5.41) is 3.15. The monoisotopic (exact) mass is 244 g/mol. The van der Waals surface area contributed by atoms with Crippen LogP contribution in [0.3, 0.4) is 0 Å². The summed E-state index contributed by atoms with van der Waals surface area (Å²) < 4.78 is 4.85. The first-order valence-corrected chi connectivity index (χ1v) is 4.93. The molecule has 0 saturated heterocycles. The van der Waals surface area contributed by atoms with Gasteiger partial charge in [0.1, 0.15) is 5.02 Å². The maximum Gasteiger partial charge on any atom is 0.318 e. The van der Waals surface area contributed by atoms with Crippen LogP contribution in [0.5, 0.6) is 6.01 Å². The number of rotatable bonds is 4. The quantitative estimate of drug-likeness (QED) is 0.842. The normalized spacial score (nSPS) is 9.75. The highest BCUT2D eigenvalue weighted by molar-refractivity contribution is 6.32. The summed E-state index contributed by atoms with van der Waals surface area (Å²) in [6.45, 7) is 0.118. The fraction of sp³-hybridized carbons (Fsp3) is 0.444. The number of hydrogen-bond donors (Lipinski definition) is 1. The number of likely N-dealkylation sites (N-methyl/N-ethyl adjacent to an activating group) is 1. The first-order valence-electron chi connectivity index (χ1n) is 4.55. The summed E-state index contributed by atoms with van der Waals surface area (Å²) in [6, 6.07) is 0.198. The van der Waals surface area contributed by atoms with Gasteiger partial charge >= 0.3 is 6.01 Å². The predicted molar refractivity (Wildman–Crippen MR) is 60.8 cm³/mol. The second kappa shape index (κ2) is 5.50. The van der Waals surface area contributed by atoms with Crippen LogP contribution in [-0.4, -0.2) is 48.5 Å². The Morgan fingerprint density at radius 1 is 1.62 bits per heavy atom. The minimum absolute atomic E-state index is 0.0753. The highest BCUT2D eigenvalue weighted by Crippen LogP contribution is 2.19. The molecule has 0 fully saturated rings. The lowest BCUT2D eigenvalue weighted by Gasteiger charge is -2.12. The zero-order chi connectivity index (χ0) is 12.1. The topological polar surface area (TPSA) is 67.3 Å². The van der Waals surface area contributed by atoms with Gasteiger partial charge in [0, 0.05) is 14.1 Å².